The molecule has 1 fully saturated rings. The molecule has 1 aromatic carbocycles. The number of hydrogen-bond donors (Lipinski definition) is 2. The lowest BCUT2D eigenvalue weighted by Gasteiger charge is -1.97. The van der Waals surface area contributed by atoms with Gasteiger partial charge in [0, 0.05) is 18.1 Å². The smallest absolute Gasteiger partial charge is 0.423 e. The minimum absolute atomic E-state index is 0.490. The maximum atomic E-state index is 9.07. The topological polar surface area (TPSA) is 58.3 Å². The maximum Gasteiger partial charge on any atom is 0.488 e. The molecule has 1 aliphatic rings. The molecule has 2 N–H and O–H groups in total. The van der Waals surface area contributed by atoms with Crippen molar-refractivity contribution in [3.8, 4) is 0 Å². The molecular weight excluding hydrogens is 203 g/mol. The van der Waals surface area contributed by atoms with E-state index < -0.39 is 7.12 Å². The Hall–Kier alpha value is -1.33. The molecule has 82 valence electrons. The molecule has 4 nitrogen and oxygen atoms in total. The van der Waals surface area contributed by atoms with Crippen LogP contribution in [0.3, 0.4) is 0 Å². The molecule has 1 heterocycles. The van der Waals surface area contributed by atoms with E-state index in [4.69, 9.17) is 10.0 Å². The Labute approximate surface area is 93.7 Å². The summed E-state index contributed by atoms with van der Waals surface area (Å²) < 4.78 is 1.95. The van der Waals surface area contributed by atoms with Gasteiger partial charge in [0.2, 0.25) is 0 Å². The molecule has 0 bridgehead atoms. The van der Waals surface area contributed by atoms with Crippen LogP contribution in [0, 0.1) is 5.92 Å². The first-order chi connectivity index (χ1) is 7.72. The van der Waals surface area contributed by atoms with Crippen molar-refractivity contribution in [3.63, 3.8) is 0 Å². The van der Waals surface area contributed by atoms with Gasteiger partial charge in [-0.1, -0.05) is 12.1 Å². The molecule has 0 saturated heterocycles. The first-order valence-electron chi connectivity index (χ1n) is 5.55. The van der Waals surface area contributed by atoms with Crippen LogP contribution >= 0.6 is 0 Å². The summed E-state index contributed by atoms with van der Waals surface area (Å²) in [4.78, 5) is 0. The van der Waals surface area contributed by atoms with E-state index in [1.54, 1.807) is 12.1 Å². The van der Waals surface area contributed by atoms with Crippen LogP contribution in [0.2, 0.25) is 0 Å². The Morgan fingerprint density at radius 3 is 2.88 bits per heavy atom. The van der Waals surface area contributed by atoms with Gasteiger partial charge in [-0.05, 0) is 30.3 Å². The number of hydrogen-bond acceptors (Lipinski definition) is 3. The Kier molecular flexibility index (Phi) is 2.23. The normalized spacial score (nSPS) is 15.6. The number of benzene rings is 1. The average Bonchev–Trinajstić information content (AvgIpc) is 2.96. The van der Waals surface area contributed by atoms with E-state index in [-0.39, 0.29) is 0 Å². The quantitative estimate of drug-likeness (QED) is 0.716. The van der Waals surface area contributed by atoms with E-state index in [1.165, 1.54) is 12.8 Å². The Morgan fingerprint density at radius 2 is 2.19 bits per heavy atom. The first-order valence-corrected chi connectivity index (χ1v) is 5.55. The number of aromatic nitrogens is 2. The Bertz CT molecular complexity index is 520. The standard InChI is InChI=1S/C11H13BN2O2/c15-12(16)10-4-3-9-7-14(6-8-1-2-8)13-11(9)5-10/h3-5,7-8,15-16H,1-2,6H2. The van der Waals surface area contributed by atoms with Gasteiger partial charge < -0.3 is 10.0 Å². The molecule has 1 saturated carbocycles. The monoisotopic (exact) mass is 216 g/mol. The van der Waals surface area contributed by atoms with Crippen LogP contribution in [-0.2, 0) is 6.54 Å². The fourth-order valence-electron chi connectivity index (χ4n) is 1.90. The van der Waals surface area contributed by atoms with Gasteiger partial charge in [-0.25, -0.2) is 0 Å². The minimum Gasteiger partial charge on any atom is -0.423 e. The van der Waals surface area contributed by atoms with Gasteiger partial charge in [0.1, 0.15) is 0 Å². The Morgan fingerprint density at radius 1 is 1.38 bits per heavy atom. The van der Waals surface area contributed by atoms with Gasteiger partial charge >= 0.3 is 7.12 Å². The summed E-state index contributed by atoms with van der Waals surface area (Å²) in [6, 6.07) is 5.32. The summed E-state index contributed by atoms with van der Waals surface area (Å²) in [5, 5.41) is 23.6. The second-order valence-corrected chi connectivity index (χ2v) is 4.49. The highest BCUT2D eigenvalue weighted by Crippen LogP contribution is 2.30. The molecule has 0 amide bonds. The van der Waals surface area contributed by atoms with Crippen molar-refractivity contribution < 1.29 is 10.0 Å². The largest absolute Gasteiger partial charge is 0.488 e. The van der Waals surface area contributed by atoms with Crippen LogP contribution in [-0.4, -0.2) is 26.9 Å². The lowest BCUT2D eigenvalue weighted by molar-refractivity contribution is 0.426. The maximum absolute atomic E-state index is 9.07. The summed E-state index contributed by atoms with van der Waals surface area (Å²) in [6.07, 6.45) is 4.62. The van der Waals surface area contributed by atoms with Crippen LogP contribution in [0.15, 0.2) is 24.4 Å². The van der Waals surface area contributed by atoms with Gasteiger partial charge in [0.05, 0.1) is 5.52 Å². The predicted molar refractivity (Wildman–Crippen MR) is 62.3 cm³/mol. The highest BCUT2D eigenvalue weighted by Gasteiger charge is 2.22. The molecule has 1 aliphatic carbocycles. The van der Waals surface area contributed by atoms with Crippen molar-refractivity contribution in [2.24, 2.45) is 5.92 Å². The van der Waals surface area contributed by atoms with Crippen molar-refractivity contribution in [3.05, 3.63) is 24.4 Å². The highest BCUT2D eigenvalue weighted by molar-refractivity contribution is 6.58. The Balaban J connectivity index is 1.96. The lowest BCUT2D eigenvalue weighted by atomic mass is 9.80. The summed E-state index contributed by atoms with van der Waals surface area (Å²) in [7, 11) is -1.42. The zero-order valence-corrected chi connectivity index (χ0v) is 8.87. The predicted octanol–water partition coefficient (Wildman–Crippen LogP) is 0.126. The van der Waals surface area contributed by atoms with Crippen LogP contribution in [0.5, 0.6) is 0 Å². The van der Waals surface area contributed by atoms with Gasteiger partial charge in [0.15, 0.2) is 0 Å². The molecule has 16 heavy (non-hydrogen) atoms. The molecule has 1 aromatic heterocycles. The van der Waals surface area contributed by atoms with Crippen LogP contribution in [0.1, 0.15) is 12.8 Å². The van der Waals surface area contributed by atoms with Crippen molar-refractivity contribution >= 4 is 23.5 Å². The molecule has 0 aliphatic heterocycles. The number of nitrogens with zero attached hydrogens (tertiary/aromatic N) is 2. The van der Waals surface area contributed by atoms with Gasteiger partial charge in [-0.2, -0.15) is 5.10 Å². The van der Waals surface area contributed by atoms with E-state index in [0.29, 0.717) is 5.46 Å². The number of rotatable bonds is 3. The molecule has 0 atom stereocenters. The second kappa shape index (κ2) is 3.61. The van der Waals surface area contributed by atoms with Crippen LogP contribution < -0.4 is 5.46 Å². The van der Waals surface area contributed by atoms with Crippen molar-refractivity contribution in [1.29, 1.82) is 0 Å². The zero-order chi connectivity index (χ0) is 11.1. The molecule has 0 spiro atoms. The molecule has 3 rings (SSSR count). The SMILES string of the molecule is OB(O)c1ccc2cn(CC3CC3)nc2c1. The average molecular weight is 216 g/mol. The minimum atomic E-state index is -1.42. The summed E-state index contributed by atoms with van der Waals surface area (Å²) in [6.45, 7) is 0.978. The van der Waals surface area contributed by atoms with E-state index in [9.17, 15) is 0 Å². The van der Waals surface area contributed by atoms with E-state index >= 15 is 0 Å². The van der Waals surface area contributed by atoms with Gasteiger partial charge in [0.25, 0.3) is 0 Å². The van der Waals surface area contributed by atoms with Crippen LogP contribution in [0.25, 0.3) is 10.9 Å². The third-order valence-corrected chi connectivity index (χ3v) is 3.02. The van der Waals surface area contributed by atoms with Gasteiger partial charge in [-0.3, -0.25) is 4.68 Å². The molecule has 0 radical (unpaired) electrons. The van der Waals surface area contributed by atoms with E-state index in [1.807, 2.05) is 16.9 Å². The lowest BCUT2D eigenvalue weighted by Crippen LogP contribution is -2.29. The third kappa shape index (κ3) is 1.84. The van der Waals surface area contributed by atoms with Crippen molar-refractivity contribution in [1.82, 2.24) is 9.78 Å². The van der Waals surface area contributed by atoms with E-state index in [2.05, 4.69) is 5.10 Å². The number of fused-ring (bicyclic) bond motifs is 1. The van der Waals surface area contributed by atoms with Crippen molar-refractivity contribution in [2.45, 2.75) is 19.4 Å². The molecule has 5 heteroatoms. The highest BCUT2D eigenvalue weighted by atomic mass is 16.4. The summed E-state index contributed by atoms with van der Waals surface area (Å²) in [5.74, 6) is 0.789. The van der Waals surface area contributed by atoms with E-state index in [0.717, 1.165) is 23.4 Å². The fourth-order valence-corrected chi connectivity index (χ4v) is 1.90. The molecule has 2 aromatic rings. The third-order valence-electron chi connectivity index (χ3n) is 3.02. The molecule has 0 unspecified atom stereocenters. The first kappa shape index (κ1) is 9.87. The summed E-state index contributed by atoms with van der Waals surface area (Å²) in [5.41, 5.74) is 1.32. The molecular formula is C11H13BN2O2. The second-order valence-electron chi connectivity index (χ2n) is 4.49. The van der Waals surface area contributed by atoms with Gasteiger partial charge in [-0.15, -0.1) is 0 Å². The van der Waals surface area contributed by atoms with Crippen molar-refractivity contribution in [2.75, 3.05) is 0 Å². The zero-order valence-electron chi connectivity index (χ0n) is 8.87. The fraction of sp³-hybridized carbons (Fsp3) is 0.364. The van der Waals surface area contributed by atoms with Crippen LogP contribution in [0.4, 0.5) is 0 Å². The summed E-state index contributed by atoms with van der Waals surface area (Å²) >= 11 is 0.